The van der Waals surface area contributed by atoms with Crippen LogP contribution in [0.1, 0.15) is 176 Å². The maximum absolute atomic E-state index is 13.8. The molecule has 18 heteroatoms. The Bertz CT molecular complexity index is 2640. The van der Waals surface area contributed by atoms with Crippen LogP contribution in [0.2, 0.25) is 0 Å². The molecule has 0 spiro atoms. The Morgan fingerprint density at radius 3 is 1.42 bits per heavy atom. The van der Waals surface area contributed by atoms with Crippen LogP contribution >= 0.6 is 0 Å². The number of benzene rings is 4. The van der Waals surface area contributed by atoms with Crippen LogP contribution in [0.15, 0.2) is 77.9 Å². The fourth-order valence-corrected chi connectivity index (χ4v) is 9.20. The summed E-state index contributed by atoms with van der Waals surface area (Å²) in [6, 6.07) is 20.7. The van der Waals surface area contributed by atoms with Gasteiger partial charge in [-0.05, 0) is 144 Å². The van der Waals surface area contributed by atoms with Crippen LogP contribution in [0.4, 0.5) is 0 Å². The van der Waals surface area contributed by atoms with Crippen molar-refractivity contribution in [2.24, 2.45) is 27.6 Å². The molecule has 7 N–H and O–H groups in total. The highest BCUT2D eigenvalue weighted by Gasteiger charge is 2.52. The lowest BCUT2D eigenvalue weighted by Crippen LogP contribution is -2.56. The Kier molecular flexibility index (Phi) is 19.4. The van der Waals surface area contributed by atoms with Gasteiger partial charge in [-0.1, -0.05) is 102 Å². The molecule has 0 aromatic heterocycles. The van der Waals surface area contributed by atoms with E-state index in [1.807, 2.05) is 126 Å². The maximum Gasteiger partial charge on any atom is 0.495 e. The molecule has 6 rings (SSSR count). The molecule has 1 saturated heterocycles. The zero-order valence-corrected chi connectivity index (χ0v) is 46.1. The smallest absolute Gasteiger partial charge is 0.428 e. The second-order valence-corrected chi connectivity index (χ2v) is 22.2. The van der Waals surface area contributed by atoms with Crippen LogP contribution in [0.3, 0.4) is 0 Å². The summed E-state index contributed by atoms with van der Waals surface area (Å²) in [6.45, 7) is 31.8. The number of nitrogens with one attached hydrogen (secondary N) is 2. The second-order valence-electron chi connectivity index (χ2n) is 22.2. The highest BCUT2D eigenvalue weighted by molar-refractivity contribution is 6.65. The van der Waals surface area contributed by atoms with Gasteiger partial charge in [0.05, 0.1) is 29.5 Å². The minimum absolute atomic E-state index is 0.226. The lowest BCUT2D eigenvalue weighted by atomic mass is 9.69. The molecule has 2 aliphatic rings. The Hall–Kier alpha value is -6.17. The summed E-state index contributed by atoms with van der Waals surface area (Å²) < 4.78 is 12.3. The maximum atomic E-state index is 13.8. The quantitative estimate of drug-likeness (QED) is 0.0485. The number of hydrazine groups is 3. The van der Waals surface area contributed by atoms with Crippen LogP contribution in [-0.2, 0) is 9.31 Å². The summed E-state index contributed by atoms with van der Waals surface area (Å²) in [5.74, 6) is 6.61. The zero-order chi connectivity index (χ0) is 55.1. The van der Waals surface area contributed by atoms with Crippen molar-refractivity contribution in [3.63, 3.8) is 0 Å². The minimum Gasteiger partial charge on any atom is -0.428 e. The minimum atomic E-state index is -0.941. The SMILES string of the molecule is CC[C@@H](N(NC(=O)c1ccc(C=O)c(B2OC(C)(C)C(C)(C)O2)c1)C(=O)c1cc(C)cc(C)c1)C(C)(C)C.CC[C@@H](N(NC(=O)c1ccc2c(c1)B(O)N(C)N=C2)C(=O)c1cc(C)cc(C)c1)C(C)(C)C.NN. The van der Waals surface area contributed by atoms with Crippen LogP contribution in [0.25, 0.3) is 0 Å². The van der Waals surface area contributed by atoms with Gasteiger partial charge in [-0.2, -0.15) is 5.10 Å². The van der Waals surface area contributed by atoms with Crippen molar-refractivity contribution in [3.8, 4) is 0 Å². The van der Waals surface area contributed by atoms with Crippen molar-refractivity contribution in [3.05, 3.63) is 128 Å². The van der Waals surface area contributed by atoms with Gasteiger partial charge < -0.3 is 19.3 Å². The van der Waals surface area contributed by atoms with Crippen LogP contribution < -0.4 is 33.5 Å². The molecule has 0 radical (unpaired) electrons. The van der Waals surface area contributed by atoms with E-state index in [2.05, 4.69) is 48.4 Å². The van der Waals surface area contributed by atoms with Gasteiger partial charge in [0, 0.05) is 34.9 Å². The average molecular weight is 1000 g/mol. The fraction of sp³-hybridized carbons (Fsp3) is 0.455. The number of carbonyl (C=O) groups excluding carboxylic acids is 5. The van der Waals surface area contributed by atoms with Gasteiger partial charge in [-0.15, -0.1) is 0 Å². The number of hydrogen-bond acceptors (Lipinski definition) is 12. The number of nitrogens with two attached hydrogens (primary N) is 2. The van der Waals surface area contributed by atoms with Crippen LogP contribution in [0.5, 0.6) is 0 Å². The summed E-state index contributed by atoms with van der Waals surface area (Å²) in [5, 5.41) is 17.5. The molecule has 0 bridgehead atoms. The highest BCUT2D eigenvalue weighted by atomic mass is 16.7. The van der Waals surface area contributed by atoms with Crippen molar-refractivity contribution < 1.29 is 38.3 Å². The van der Waals surface area contributed by atoms with Gasteiger partial charge >= 0.3 is 14.2 Å². The monoisotopic (exact) mass is 1000 g/mol. The number of aldehydes is 1. The molecule has 16 nitrogen and oxygen atoms in total. The molecular formula is C55H78B2N8O8. The Balaban J connectivity index is 0.000000309. The van der Waals surface area contributed by atoms with E-state index in [0.29, 0.717) is 51.6 Å². The molecule has 0 unspecified atom stereocenters. The van der Waals surface area contributed by atoms with E-state index in [1.165, 1.54) is 14.9 Å². The van der Waals surface area contributed by atoms with Gasteiger partial charge in [0.2, 0.25) is 0 Å². The summed E-state index contributed by atoms with van der Waals surface area (Å²) in [6.07, 6.45) is 3.69. The third kappa shape index (κ3) is 14.1. The van der Waals surface area contributed by atoms with Crippen molar-refractivity contribution in [2.45, 2.75) is 147 Å². The number of aryl methyl sites for hydroxylation is 4. The zero-order valence-electron chi connectivity index (χ0n) is 46.1. The van der Waals surface area contributed by atoms with Crippen molar-refractivity contribution in [2.75, 3.05) is 7.05 Å². The molecule has 4 amide bonds. The van der Waals surface area contributed by atoms with Gasteiger partial charge in [0.15, 0.2) is 0 Å². The van der Waals surface area contributed by atoms with Gasteiger partial charge in [0.25, 0.3) is 23.6 Å². The first-order valence-corrected chi connectivity index (χ1v) is 24.8. The van der Waals surface area contributed by atoms with Crippen LogP contribution in [-0.4, -0.2) is 101 Å². The second kappa shape index (κ2) is 23.8. The standard InChI is InChI=1S/C30H41BN2O5.C25H33BN4O3.H4N2/c1-11-25(28(4,5)6)33(27(36)23-15-19(2)14-20(3)16-23)32-26(35)21-12-13-22(18-34)24(17-21)31-37-29(7,8)30(9,10)38-31;1-8-22(25(4,5)6)30(24(32)20-12-16(2)11-17(3)13-20)28-23(31)18-9-10-19-15-27-29(7)26(33)21(19)14-18;1-2/h12-18,25H,11H2,1-10H3,(H,32,35);9-15,22,33H,8H2,1-7H3,(H,28,31);1-2H2/t25-;22-;/m11./s1. The molecular weight excluding hydrogens is 922 g/mol. The molecule has 2 heterocycles. The number of hydrogen-bond donors (Lipinski definition) is 5. The molecule has 4 aromatic rings. The van der Waals surface area contributed by atoms with E-state index in [0.717, 1.165) is 34.1 Å². The molecule has 392 valence electrons. The van der Waals surface area contributed by atoms with Gasteiger partial charge in [0.1, 0.15) is 6.29 Å². The number of nitrogens with zero attached hydrogens (tertiary/aromatic N) is 4. The first-order valence-electron chi connectivity index (χ1n) is 24.8. The molecule has 2 aliphatic heterocycles. The number of carbonyl (C=O) groups is 5. The van der Waals surface area contributed by atoms with Crippen molar-refractivity contribution >= 4 is 61.2 Å². The van der Waals surface area contributed by atoms with E-state index in [1.54, 1.807) is 49.7 Å². The first-order chi connectivity index (χ1) is 33.9. The van der Waals surface area contributed by atoms with Gasteiger partial charge in [-0.3, -0.25) is 46.5 Å². The Labute approximate surface area is 433 Å². The predicted octanol–water partition coefficient (Wildman–Crippen LogP) is 6.73. The predicted molar refractivity (Wildman–Crippen MR) is 291 cm³/mol. The van der Waals surface area contributed by atoms with E-state index in [-0.39, 0.29) is 34.7 Å². The molecule has 0 saturated carbocycles. The Morgan fingerprint density at radius 1 is 0.671 bits per heavy atom. The first kappa shape index (κ1) is 59.4. The summed E-state index contributed by atoms with van der Waals surface area (Å²) >= 11 is 0. The third-order valence-electron chi connectivity index (χ3n) is 13.6. The van der Waals surface area contributed by atoms with Crippen molar-refractivity contribution in [1.82, 2.24) is 25.8 Å². The van der Waals surface area contributed by atoms with Crippen LogP contribution in [0, 0.1) is 38.5 Å². The normalized spacial score (nSPS) is 15.4. The highest BCUT2D eigenvalue weighted by Crippen LogP contribution is 2.37. The molecule has 1 fully saturated rings. The summed E-state index contributed by atoms with van der Waals surface area (Å²) in [4.78, 5) is 67.6. The molecule has 4 aromatic carbocycles. The van der Waals surface area contributed by atoms with E-state index < -0.39 is 37.2 Å². The lowest BCUT2D eigenvalue weighted by Gasteiger charge is -2.39. The summed E-state index contributed by atoms with van der Waals surface area (Å²) in [5.41, 5.74) is 11.8. The molecule has 73 heavy (non-hydrogen) atoms. The van der Waals surface area contributed by atoms with Gasteiger partial charge in [-0.25, -0.2) is 10.0 Å². The number of fused-ring (bicyclic) bond motifs is 1. The number of rotatable bonds is 10. The average Bonchev–Trinajstić information content (AvgIpc) is 3.53. The van der Waals surface area contributed by atoms with E-state index in [9.17, 15) is 29.0 Å². The topological polar surface area (TPSA) is 222 Å². The van der Waals surface area contributed by atoms with Crippen molar-refractivity contribution in [1.29, 1.82) is 0 Å². The van der Waals surface area contributed by atoms with E-state index >= 15 is 0 Å². The number of amides is 4. The third-order valence-corrected chi connectivity index (χ3v) is 13.6. The molecule has 2 atom stereocenters. The number of hydrazone groups is 1. The largest absolute Gasteiger partial charge is 0.495 e. The Morgan fingerprint density at radius 2 is 1.05 bits per heavy atom. The summed E-state index contributed by atoms with van der Waals surface area (Å²) in [7, 11) is -0.0846. The molecule has 0 aliphatic carbocycles. The fourth-order valence-electron chi connectivity index (χ4n) is 9.20. The lowest BCUT2D eigenvalue weighted by molar-refractivity contribution is 0.00578. The van der Waals surface area contributed by atoms with E-state index in [4.69, 9.17) is 9.31 Å².